The topological polar surface area (TPSA) is 77.5 Å². The van der Waals surface area contributed by atoms with Crippen LogP contribution in [0, 0.1) is 0 Å². The van der Waals surface area contributed by atoms with Crippen molar-refractivity contribution in [2.24, 2.45) is 0 Å². The lowest BCUT2D eigenvalue weighted by Gasteiger charge is -2.34. The van der Waals surface area contributed by atoms with E-state index in [1.54, 1.807) is 21.9 Å². The maximum absolute atomic E-state index is 13.0. The van der Waals surface area contributed by atoms with Gasteiger partial charge in [0, 0.05) is 31.7 Å². The molecular weight excluding hydrogens is 352 g/mol. The third-order valence-corrected chi connectivity index (χ3v) is 4.16. The molecule has 0 bridgehead atoms. The highest BCUT2D eigenvalue weighted by Gasteiger charge is 2.27. The lowest BCUT2D eigenvalue weighted by molar-refractivity contribution is 0.0599. The van der Waals surface area contributed by atoms with E-state index in [9.17, 15) is 9.59 Å². The second-order valence-corrected chi connectivity index (χ2v) is 5.85. The Balaban J connectivity index is 2.23. The van der Waals surface area contributed by atoms with E-state index in [0.717, 1.165) is 0 Å². The zero-order valence-corrected chi connectivity index (χ0v) is 16.4. The Hall–Kier alpha value is -2.64. The Morgan fingerprint density at radius 1 is 0.852 bits per heavy atom. The molecule has 1 aliphatic rings. The van der Waals surface area contributed by atoms with E-state index in [1.165, 1.54) is 7.11 Å². The fourth-order valence-electron chi connectivity index (χ4n) is 2.92. The fourth-order valence-corrected chi connectivity index (χ4v) is 2.92. The number of benzene rings is 1. The van der Waals surface area contributed by atoms with Crippen molar-refractivity contribution >= 4 is 12.0 Å². The van der Waals surface area contributed by atoms with Gasteiger partial charge in [0.1, 0.15) is 0 Å². The Morgan fingerprint density at radius 2 is 1.33 bits per heavy atom. The van der Waals surface area contributed by atoms with Crippen LogP contribution in [0.3, 0.4) is 0 Å². The van der Waals surface area contributed by atoms with E-state index in [1.807, 2.05) is 20.8 Å². The Bertz CT molecular complexity index is 629. The summed E-state index contributed by atoms with van der Waals surface area (Å²) in [5.74, 6) is 1.35. The molecule has 0 aliphatic carbocycles. The van der Waals surface area contributed by atoms with Crippen LogP contribution in [-0.2, 0) is 4.74 Å². The predicted octanol–water partition coefficient (Wildman–Crippen LogP) is 2.41. The number of hydrogen-bond acceptors (Lipinski definition) is 6. The molecule has 8 heteroatoms. The molecular formula is C19H28N2O6. The quantitative estimate of drug-likeness (QED) is 0.723. The minimum absolute atomic E-state index is 0.135. The third-order valence-electron chi connectivity index (χ3n) is 4.16. The minimum Gasteiger partial charge on any atom is -0.490 e. The number of methoxy groups -OCH3 is 1. The van der Waals surface area contributed by atoms with Gasteiger partial charge in [-0.25, -0.2) is 4.79 Å². The van der Waals surface area contributed by atoms with Crippen molar-refractivity contribution in [2.75, 3.05) is 53.1 Å². The predicted molar refractivity (Wildman–Crippen MR) is 99.8 cm³/mol. The van der Waals surface area contributed by atoms with Crippen LogP contribution in [0.5, 0.6) is 17.2 Å². The van der Waals surface area contributed by atoms with Gasteiger partial charge in [0.05, 0.1) is 26.9 Å². The Kier molecular flexibility index (Phi) is 7.57. The highest BCUT2D eigenvalue weighted by molar-refractivity contribution is 5.95. The number of hydrogen-bond donors (Lipinski definition) is 0. The van der Waals surface area contributed by atoms with Gasteiger partial charge in [-0.1, -0.05) is 0 Å². The summed E-state index contributed by atoms with van der Waals surface area (Å²) in [6, 6.07) is 3.37. The molecule has 0 spiro atoms. The molecule has 0 atom stereocenters. The molecule has 2 rings (SSSR count). The first-order valence-corrected chi connectivity index (χ1v) is 9.24. The number of nitrogens with zero attached hydrogens (tertiary/aromatic N) is 2. The van der Waals surface area contributed by atoms with Crippen LogP contribution in [0.25, 0.3) is 0 Å². The molecule has 1 fully saturated rings. The number of carbonyl (C=O) groups excluding carboxylic acids is 2. The number of amides is 2. The van der Waals surface area contributed by atoms with Gasteiger partial charge in [0.15, 0.2) is 11.5 Å². The summed E-state index contributed by atoms with van der Waals surface area (Å²) in [5.41, 5.74) is 0.469. The Labute approximate surface area is 159 Å². The van der Waals surface area contributed by atoms with Gasteiger partial charge in [-0.2, -0.15) is 0 Å². The lowest BCUT2D eigenvalue weighted by atomic mass is 10.1. The molecule has 2 amide bonds. The van der Waals surface area contributed by atoms with E-state index in [2.05, 4.69) is 0 Å². The second kappa shape index (κ2) is 9.89. The summed E-state index contributed by atoms with van der Waals surface area (Å²) in [6.45, 7) is 8.73. The van der Waals surface area contributed by atoms with Gasteiger partial charge >= 0.3 is 6.09 Å². The van der Waals surface area contributed by atoms with E-state index in [-0.39, 0.29) is 12.0 Å². The molecule has 27 heavy (non-hydrogen) atoms. The number of piperazine rings is 1. The lowest BCUT2D eigenvalue weighted by Crippen LogP contribution is -2.50. The van der Waals surface area contributed by atoms with E-state index in [0.29, 0.717) is 68.8 Å². The van der Waals surface area contributed by atoms with Crippen molar-refractivity contribution in [1.29, 1.82) is 0 Å². The van der Waals surface area contributed by atoms with Crippen LogP contribution < -0.4 is 14.2 Å². The van der Waals surface area contributed by atoms with Gasteiger partial charge < -0.3 is 28.7 Å². The smallest absolute Gasteiger partial charge is 0.409 e. The summed E-state index contributed by atoms with van der Waals surface area (Å²) in [7, 11) is 1.35. The van der Waals surface area contributed by atoms with Crippen molar-refractivity contribution in [2.45, 2.75) is 20.8 Å². The monoisotopic (exact) mass is 380 g/mol. The van der Waals surface area contributed by atoms with Crippen LogP contribution in [0.15, 0.2) is 12.1 Å². The molecule has 150 valence electrons. The first kappa shape index (κ1) is 20.7. The van der Waals surface area contributed by atoms with Gasteiger partial charge in [0.25, 0.3) is 5.91 Å². The highest BCUT2D eigenvalue weighted by Crippen LogP contribution is 2.39. The second-order valence-electron chi connectivity index (χ2n) is 5.85. The van der Waals surface area contributed by atoms with Crippen LogP contribution in [0.1, 0.15) is 31.1 Å². The summed E-state index contributed by atoms with van der Waals surface area (Å²) >= 11 is 0. The molecule has 0 N–H and O–H groups in total. The van der Waals surface area contributed by atoms with Crippen LogP contribution >= 0.6 is 0 Å². The number of rotatable bonds is 7. The minimum atomic E-state index is -0.375. The maximum atomic E-state index is 13.0. The molecule has 8 nitrogen and oxygen atoms in total. The molecule has 1 heterocycles. The molecule has 1 aromatic rings. The number of carbonyl (C=O) groups is 2. The summed E-state index contributed by atoms with van der Waals surface area (Å²) in [4.78, 5) is 27.9. The van der Waals surface area contributed by atoms with E-state index >= 15 is 0 Å². The zero-order valence-electron chi connectivity index (χ0n) is 16.4. The van der Waals surface area contributed by atoms with Crippen molar-refractivity contribution in [3.63, 3.8) is 0 Å². The van der Waals surface area contributed by atoms with Gasteiger partial charge in [-0.3, -0.25) is 4.79 Å². The number of ether oxygens (including phenoxy) is 4. The summed E-state index contributed by atoms with van der Waals surface area (Å²) in [5, 5.41) is 0. The molecule has 0 radical (unpaired) electrons. The van der Waals surface area contributed by atoms with Crippen molar-refractivity contribution in [1.82, 2.24) is 9.80 Å². The standard InChI is InChI=1S/C19H28N2O6/c1-5-25-15-12-14(13-16(26-6-2)17(15)27-7-3)18(22)20-8-10-21(11-9-20)19(23)24-4/h12-13H,5-11H2,1-4H3. The third kappa shape index (κ3) is 4.96. The van der Waals surface area contributed by atoms with Crippen molar-refractivity contribution in [3.05, 3.63) is 17.7 Å². The van der Waals surface area contributed by atoms with E-state index in [4.69, 9.17) is 18.9 Å². The van der Waals surface area contributed by atoms with E-state index < -0.39 is 0 Å². The molecule has 1 aliphatic heterocycles. The molecule has 1 aromatic carbocycles. The highest BCUT2D eigenvalue weighted by atomic mass is 16.5. The van der Waals surface area contributed by atoms with Crippen LogP contribution in [0.2, 0.25) is 0 Å². The van der Waals surface area contributed by atoms with Crippen molar-refractivity contribution < 1.29 is 28.5 Å². The Morgan fingerprint density at radius 3 is 1.78 bits per heavy atom. The SMILES string of the molecule is CCOc1cc(C(=O)N2CCN(C(=O)OC)CC2)cc(OCC)c1OCC. The van der Waals surface area contributed by atoms with Gasteiger partial charge in [-0.15, -0.1) is 0 Å². The summed E-state index contributed by atoms with van der Waals surface area (Å²) < 4.78 is 21.7. The molecule has 1 saturated heterocycles. The average molecular weight is 380 g/mol. The largest absolute Gasteiger partial charge is 0.490 e. The fraction of sp³-hybridized carbons (Fsp3) is 0.579. The molecule has 0 aromatic heterocycles. The normalized spacial score (nSPS) is 13.9. The van der Waals surface area contributed by atoms with Gasteiger partial charge in [0.2, 0.25) is 5.75 Å². The van der Waals surface area contributed by atoms with Crippen LogP contribution in [-0.4, -0.2) is 74.9 Å². The first-order chi connectivity index (χ1) is 13.0. The maximum Gasteiger partial charge on any atom is 0.409 e. The van der Waals surface area contributed by atoms with Crippen LogP contribution in [0.4, 0.5) is 4.79 Å². The van der Waals surface area contributed by atoms with Gasteiger partial charge in [-0.05, 0) is 32.9 Å². The zero-order chi connectivity index (χ0) is 19.8. The average Bonchev–Trinajstić information content (AvgIpc) is 2.69. The molecule has 0 saturated carbocycles. The first-order valence-electron chi connectivity index (χ1n) is 9.24. The summed E-state index contributed by atoms with van der Waals surface area (Å²) in [6.07, 6.45) is -0.375. The molecule has 0 unspecified atom stereocenters. The van der Waals surface area contributed by atoms with Crippen molar-refractivity contribution in [3.8, 4) is 17.2 Å².